The van der Waals surface area contributed by atoms with Gasteiger partial charge in [-0.05, 0) is 29.8 Å². The van der Waals surface area contributed by atoms with Crippen molar-refractivity contribution in [2.24, 2.45) is 0 Å². The summed E-state index contributed by atoms with van der Waals surface area (Å²) in [6.45, 7) is 0. The fourth-order valence-corrected chi connectivity index (χ4v) is 2.02. The van der Waals surface area contributed by atoms with Crippen molar-refractivity contribution in [3.8, 4) is 5.75 Å². The van der Waals surface area contributed by atoms with Gasteiger partial charge < -0.3 is 10.1 Å². The number of ether oxygens (including phenoxy) is 1. The van der Waals surface area contributed by atoms with Crippen molar-refractivity contribution in [1.82, 2.24) is 0 Å². The van der Waals surface area contributed by atoms with Crippen LogP contribution in [0.4, 0.5) is 5.69 Å². The number of carbonyl (C=O) groups excluding carboxylic acids is 1. The van der Waals surface area contributed by atoms with E-state index in [9.17, 15) is 4.79 Å². The lowest BCUT2D eigenvalue weighted by Crippen LogP contribution is -2.11. The molecule has 0 fully saturated rings. The number of alkyl halides is 1. The smallest absolute Gasteiger partial charge is 0.255 e. The third kappa shape index (κ3) is 3.58. The van der Waals surface area contributed by atoms with Gasteiger partial charge in [0, 0.05) is 22.6 Å². The molecule has 1 amide bonds. The van der Waals surface area contributed by atoms with Crippen LogP contribution in [-0.4, -0.2) is 13.0 Å². The molecule has 0 aliphatic heterocycles. The maximum Gasteiger partial charge on any atom is 0.255 e. The number of benzene rings is 2. The topological polar surface area (TPSA) is 38.3 Å². The fraction of sp³-hybridized carbons (Fsp3) is 0.133. The van der Waals surface area contributed by atoms with Crippen LogP contribution in [0.25, 0.3) is 0 Å². The summed E-state index contributed by atoms with van der Waals surface area (Å²) in [5, 5.41) is 3.62. The molecule has 0 saturated carbocycles. The van der Waals surface area contributed by atoms with Crippen molar-refractivity contribution in [2.75, 3.05) is 12.4 Å². The van der Waals surface area contributed by atoms with Crippen LogP contribution in [0.15, 0.2) is 48.5 Å². The number of methoxy groups -OCH3 is 1. The Morgan fingerprint density at radius 2 is 1.95 bits per heavy atom. The van der Waals surface area contributed by atoms with Crippen molar-refractivity contribution in [3.05, 3.63) is 59.7 Å². The van der Waals surface area contributed by atoms with Crippen LogP contribution >= 0.6 is 15.9 Å². The lowest BCUT2D eigenvalue weighted by atomic mass is 10.1. The monoisotopic (exact) mass is 319 g/mol. The molecule has 0 radical (unpaired) electrons. The highest BCUT2D eigenvalue weighted by atomic mass is 79.9. The Morgan fingerprint density at radius 3 is 2.58 bits per heavy atom. The summed E-state index contributed by atoms with van der Waals surface area (Å²) in [6.07, 6.45) is 0. The zero-order chi connectivity index (χ0) is 13.7. The van der Waals surface area contributed by atoms with Gasteiger partial charge in [0.05, 0.1) is 7.11 Å². The van der Waals surface area contributed by atoms with Gasteiger partial charge in [-0.2, -0.15) is 0 Å². The van der Waals surface area contributed by atoms with Crippen molar-refractivity contribution < 1.29 is 9.53 Å². The predicted molar refractivity (Wildman–Crippen MR) is 80.0 cm³/mol. The molecule has 19 heavy (non-hydrogen) atoms. The number of rotatable bonds is 4. The highest BCUT2D eigenvalue weighted by molar-refractivity contribution is 9.08. The molecule has 2 aromatic carbocycles. The Labute approximate surface area is 120 Å². The molecule has 0 aromatic heterocycles. The van der Waals surface area contributed by atoms with Crippen molar-refractivity contribution >= 4 is 27.5 Å². The van der Waals surface area contributed by atoms with Gasteiger partial charge in [0.1, 0.15) is 5.75 Å². The number of hydrogen-bond acceptors (Lipinski definition) is 2. The summed E-state index contributed by atoms with van der Waals surface area (Å²) in [6, 6.07) is 14.8. The molecule has 3 nitrogen and oxygen atoms in total. The zero-order valence-corrected chi connectivity index (χ0v) is 12.1. The van der Waals surface area contributed by atoms with E-state index in [0.717, 1.165) is 10.9 Å². The van der Waals surface area contributed by atoms with Crippen molar-refractivity contribution in [3.63, 3.8) is 0 Å². The first-order chi connectivity index (χ1) is 9.22. The van der Waals surface area contributed by atoms with E-state index in [1.807, 2.05) is 42.5 Å². The van der Waals surface area contributed by atoms with Gasteiger partial charge in [-0.1, -0.05) is 34.1 Å². The normalized spacial score (nSPS) is 10.0. The minimum atomic E-state index is -0.130. The standard InChI is InChI=1S/C15H14BrNO2/c1-19-14-4-2-3-13(9-14)17-15(18)12-7-5-11(10-16)6-8-12/h2-9H,10H2,1H3,(H,17,18). The molecule has 0 aliphatic carbocycles. The van der Waals surface area contributed by atoms with Gasteiger partial charge in [0.25, 0.3) is 5.91 Å². The minimum Gasteiger partial charge on any atom is -0.497 e. The Hall–Kier alpha value is -1.81. The van der Waals surface area contributed by atoms with E-state index >= 15 is 0 Å². The number of anilines is 1. The van der Waals surface area contributed by atoms with Crippen LogP contribution in [0.5, 0.6) is 5.75 Å². The molecule has 2 aromatic rings. The van der Waals surface area contributed by atoms with E-state index in [1.54, 1.807) is 13.2 Å². The summed E-state index contributed by atoms with van der Waals surface area (Å²) in [5.74, 6) is 0.585. The molecule has 0 aliphatic rings. The van der Waals surface area contributed by atoms with Gasteiger partial charge in [0.15, 0.2) is 0 Å². The third-order valence-corrected chi connectivity index (χ3v) is 3.35. The van der Waals surface area contributed by atoms with Crippen molar-refractivity contribution in [1.29, 1.82) is 0 Å². The van der Waals surface area contributed by atoms with Crippen LogP contribution in [0.1, 0.15) is 15.9 Å². The molecule has 0 bridgehead atoms. The average Bonchev–Trinajstić information content (AvgIpc) is 2.47. The van der Waals surface area contributed by atoms with Crippen molar-refractivity contribution in [2.45, 2.75) is 5.33 Å². The molecule has 0 unspecified atom stereocenters. The lowest BCUT2D eigenvalue weighted by molar-refractivity contribution is 0.102. The quantitative estimate of drug-likeness (QED) is 0.869. The Morgan fingerprint density at radius 1 is 1.21 bits per heavy atom. The highest BCUT2D eigenvalue weighted by Gasteiger charge is 2.06. The number of nitrogens with one attached hydrogen (secondary N) is 1. The Balaban J connectivity index is 2.11. The van der Waals surface area contributed by atoms with Crippen LogP contribution in [0, 0.1) is 0 Å². The van der Waals surface area contributed by atoms with E-state index < -0.39 is 0 Å². The second-order valence-corrected chi connectivity index (χ2v) is 4.58. The molecule has 0 spiro atoms. The van der Waals surface area contributed by atoms with E-state index in [4.69, 9.17) is 4.74 Å². The SMILES string of the molecule is COc1cccc(NC(=O)c2ccc(CBr)cc2)c1. The second kappa shape index (κ2) is 6.38. The molecule has 0 saturated heterocycles. The molecular weight excluding hydrogens is 306 g/mol. The summed E-state index contributed by atoms with van der Waals surface area (Å²) >= 11 is 3.37. The molecular formula is C15H14BrNO2. The summed E-state index contributed by atoms with van der Waals surface area (Å²) < 4.78 is 5.12. The van der Waals surface area contributed by atoms with Crippen LogP contribution in [0.2, 0.25) is 0 Å². The van der Waals surface area contributed by atoms with Crippen LogP contribution < -0.4 is 10.1 Å². The second-order valence-electron chi connectivity index (χ2n) is 4.02. The first-order valence-corrected chi connectivity index (χ1v) is 6.95. The molecule has 0 atom stereocenters. The summed E-state index contributed by atoms with van der Waals surface area (Å²) in [4.78, 5) is 12.0. The van der Waals surface area contributed by atoms with Gasteiger partial charge >= 0.3 is 0 Å². The highest BCUT2D eigenvalue weighted by Crippen LogP contribution is 2.17. The van der Waals surface area contributed by atoms with Crippen LogP contribution in [0.3, 0.4) is 0 Å². The maximum atomic E-state index is 12.0. The summed E-state index contributed by atoms with van der Waals surface area (Å²) in [5.41, 5.74) is 2.49. The van der Waals surface area contributed by atoms with Gasteiger partial charge in [-0.3, -0.25) is 4.79 Å². The first kappa shape index (κ1) is 13.6. The molecule has 1 N–H and O–H groups in total. The Bertz CT molecular complexity index is 567. The number of hydrogen-bond donors (Lipinski definition) is 1. The summed E-state index contributed by atoms with van der Waals surface area (Å²) in [7, 11) is 1.60. The lowest BCUT2D eigenvalue weighted by Gasteiger charge is -2.07. The molecule has 0 heterocycles. The van der Waals surface area contributed by atoms with E-state index in [0.29, 0.717) is 17.0 Å². The fourth-order valence-electron chi connectivity index (χ4n) is 1.65. The third-order valence-electron chi connectivity index (χ3n) is 2.70. The van der Waals surface area contributed by atoms with Crippen LogP contribution in [-0.2, 0) is 5.33 Å². The number of carbonyl (C=O) groups is 1. The number of halogens is 1. The van der Waals surface area contributed by atoms with E-state index in [-0.39, 0.29) is 5.91 Å². The van der Waals surface area contributed by atoms with E-state index in [1.165, 1.54) is 0 Å². The predicted octanol–water partition coefficient (Wildman–Crippen LogP) is 3.84. The Kier molecular flexibility index (Phi) is 4.58. The molecule has 98 valence electrons. The van der Waals surface area contributed by atoms with E-state index in [2.05, 4.69) is 21.2 Å². The van der Waals surface area contributed by atoms with Gasteiger partial charge in [-0.25, -0.2) is 0 Å². The van der Waals surface area contributed by atoms with Gasteiger partial charge in [0.2, 0.25) is 0 Å². The number of amides is 1. The largest absolute Gasteiger partial charge is 0.497 e. The maximum absolute atomic E-state index is 12.0. The van der Waals surface area contributed by atoms with Gasteiger partial charge in [-0.15, -0.1) is 0 Å². The minimum absolute atomic E-state index is 0.130. The zero-order valence-electron chi connectivity index (χ0n) is 10.5. The first-order valence-electron chi connectivity index (χ1n) is 5.83. The molecule has 2 rings (SSSR count). The molecule has 4 heteroatoms. The average molecular weight is 320 g/mol.